The second kappa shape index (κ2) is 15.5. The molecule has 1 aliphatic rings. The first-order valence-corrected chi connectivity index (χ1v) is 14.5. The van der Waals surface area contributed by atoms with Gasteiger partial charge in [0.1, 0.15) is 29.1 Å². The van der Waals surface area contributed by atoms with Gasteiger partial charge in [-0.05, 0) is 54.6 Å². The molecule has 3 amide bonds. The van der Waals surface area contributed by atoms with E-state index in [1.807, 2.05) is 0 Å². The molecule has 3 heterocycles. The van der Waals surface area contributed by atoms with Crippen molar-refractivity contribution in [1.29, 1.82) is 0 Å². The first-order chi connectivity index (χ1) is 23.5. The summed E-state index contributed by atoms with van der Waals surface area (Å²) < 4.78 is 77.2. The number of alkyl halides is 5. The van der Waals surface area contributed by atoms with Crippen LogP contribution >= 0.6 is 11.6 Å². The summed E-state index contributed by atoms with van der Waals surface area (Å²) in [6.45, 7) is -0.787. The zero-order valence-corrected chi connectivity index (χ0v) is 26.2. The third-order valence-corrected chi connectivity index (χ3v) is 7.06. The number of rotatable bonds is 7. The maximum absolute atomic E-state index is 13.7. The summed E-state index contributed by atoms with van der Waals surface area (Å²) in [6.07, 6.45) is -7.90. The molecule has 1 fully saturated rings. The van der Waals surface area contributed by atoms with Crippen molar-refractivity contribution >= 4 is 40.7 Å². The number of benzene rings is 2. The molecule has 0 unspecified atom stereocenters. The average molecular weight is 728 g/mol. The lowest BCUT2D eigenvalue weighted by Crippen LogP contribution is -2.41. The predicted octanol–water partition coefficient (Wildman–Crippen LogP) is 4.26. The van der Waals surface area contributed by atoms with Crippen molar-refractivity contribution in [2.45, 2.75) is 30.5 Å². The fourth-order valence-corrected chi connectivity index (χ4v) is 4.53. The molecule has 266 valence electrons. The van der Waals surface area contributed by atoms with E-state index >= 15 is 0 Å². The van der Waals surface area contributed by atoms with Gasteiger partial charge in [-0.25, -0.2) is 9.59 Å². The highest BCUT2D eigenvalue weighted by Crippen LogP contribution is 2.42. The first-order valence-electron chi connectivity index (χ1n) is 14.1. The fraction of sp³-hybridized carbons (Fsp3) is 0.233. The first kappa shape index (κ1) is 37.4. The number of amides is 3. The molecule has 4 aromatic rings. The fourth-order valence-electron chi connectivity index (χ4n) is 4.31. The zero-order valence-electron chi connectivity index (χ0n) is 25.5. The highest BCUT2D eigenvalue weighted by molar-refractivity contribution is 6.31. The van der Waals surface area contributed by atoms with Crippen molar-refractivity contribution in [3.8, 4) is 11.5 Å². The second-order valence-electron chi connectivity index (χ2n) is 10.2. The number of aliphatic hydroxyl groups is 2. The normalized spacial score (nSPS) is 18.0. The van der Waals surface area contributed by atoms with Gasteiger partial charge >= 0.3 is 23.8 Å². The van der Waals surface area contributed by atoms with E-state index in [4.69, 9.17) is 31.9 Å². The minimum absolute atomic E-state index is 0.0659. The smallest absolute Gasteiger partial charge is 0.417 e. The number of nitrogens with zero attached hydrogens (tertiary/aromatic N) is 3. The molecule has 0 radical (unpaired) electrons. The molecule has 7 N–H and O–H groups in total. The van der Waals surface area contributed by atoms with Crippen molar-refractivity contribution in [3.05, 3.63) is 99.8 Å². The highest BCUT2D eigenvalue weighted by atomic mass is 35.5. The number of nitrogens with two attached hydrogens (primary N) is 1. The van der Waals surface area contributed by atoms with Crippen LogP contribution in [0, 0.1) is 0 Å². The van der Waals surface area contributed by atoms with Crippen LogP contribution in [0.4, 0.5) is 43.9 Å². The lowest BCUT2D eigenvalue weighted by molar-refractivity contribution is -0.141. The van der Waals surface area contributed by atoms with Crippen molar-refractivity contribution in [2.24, 2.45) is 0 Å². The Hall–Kier alpha value is -5.37. The Morgan fingerprint density at radius 2 is 1.72 bits per heavy atom. The number of nitrogen functional groups attached to an aromatic ring is 1. The van der Waals surface area contributed by atoms with Gasteiger partial charge in [0.2, 0.25) is 6.23 Å². The number of urea groups is 1. The summed E-state index contributed by atoms with van der Waals surface area (Å²) in [5.74, 6) is -3.37. The quantitative estimate of drug-likeness (QED) is 0.149. The van der Waals surface area contributed by atoms with Crippen molar-refractivity contribution in [2.75, 3.05) is 30.0 Å². The van der Waals surface area contributed by atoms with Gasteiger partial charge in [0.25, 0.3) is 5.91 Å². The number of ether oxygens (including phenoxy) is 2. The van der Waals surface area contributed by atoms with Crippen LogP contribution in [0.15, 0.2) is 77.9 Å². The Morgan fingerprint density at radius 1 is 1.06 bits per heavy atom. The van der Waals surface area contributed by atoms with Crippen LogP contribution in [0.5, 0.6) is 11.5 Å². The van der Waals surface area contributed by atoms with E-state index < -0.39 is 59.4 Å². The Morgan fingerprint density at radius 3 is 2.32 bits per heavy atom. The third kappa shape index (κ3) is 8.99. The molecule has 0 bridgehead atoms. The van der Waals surface area contributed by atoms with Crippen LogP contribution in [-0.2, 0) is 10.9 Å². The molecule has 1 saturated heterocycles. The van der Waals surface area contributed by atoms with Crippen LogP contribution in [0.1, 0.15) is 22.3 Å². The zero-order chi connectivity index (χ0) is 36.8. The van der Waals surface area contributed by atoms with E-state index in [0.29, 0.717) is 21.8 Å². The van der Waals surface area contributed by atoms with E-state index in [0.717, 1.165) is 24.4 Å². The van der Waals surface area contributed by atoms with Gasteiger partial charge in [0.15, 0.2) is 6.10 Å². The summed E-state index contributed by atoms with van der Waals surface area (Å²) in [5.41, 5.74) is 3.66. The molecule has 1 aliphatic heterocycles. The molecule has 2 aromatic heterocycles. The summed E-state index contributed by atoms with van der Waals surface area (Å²) in [7, 11) is 1.49. The number of anilines is 3. The number of hydrogen-bond acceptors (Lipinski definition) is 10. The molecule has 0 aliphatic carbocycles. The third-order valence-electron chi connectivity index (χ3n) is 6.73. The summed E-state index contributed by atoms with van der Waals surface area (Å²) >= 11 is 5.57. The van der Waals surface area contributed by atoms with Gasteiger partial charge in [-0.2, -0.15) is 26.9 Å². The number of carbonyl (C=O) groups is 2. The number of hydrogen-bond donors (Lipinski definition) is 6. The predicted molar refractivity (Wildman–Crippen MR) is 168 cm³/mol. The van der Waals surface area contributed by atoms with Crippen LogP contribution in [0.2, 0.25) is 5.02 Å². The average Bonchev–Trinajstić information content (AvgIpc) is 3.29. The molecular weight excluding hydrogens is 701 g/mol. The molecular formula is C30H27ClF5N7O7. The molecule has 5 rings (SSSR count). The standard InChI is InChI=1S/C21H16ClF3N4O3.C9H11F2N3O4/c1-26-19(30)18-11-15(8-9-27-18)32-14-5-2-12(3-6-14)28-20(31)29-13-4-7-17(22)16(10-13)21(23,24)25;10-9(11)6(16)4(3-15)18-7(9)14-2-1-5(12)13-8(14)17/h2-11H,1H3,(H,26,30)(H2,28,29,31);1-2,4,6-7,15-16H,3H2,(H2,12,13,17)/t;4-,6-,7-/m.1/s1. The molecule has 0 saturated carbocycles. The van der Waals surface area contributed by atoms with E-state index in [-0.39, 0.29) is 23.1 Å². The maximum atomic E-state index is 13.7. The van der Waals surface area contributed by atoms with Gasteiger partial charge in [-0.15, -0.1) is 0 Å². The van der Waals surface area contributed by atoms with E-state index in [1.165, 1.54) is 25.4 Å². The molecule has 2 aromatic carbocycles. The molecule has 50 heavy (non-hydrogen) atoms. The van der Waals surface area contributed by atoms with Crippen LogP contribution in [0.25, 0.3) is 0 Å². The Bertz CT molecular complexity index is 1900. The van der Waals surface area contributed by atoms with Gasteiger partial charge in [0.05, 0.1) is 17.2 Å². The maximum Gasteiger partial charge on any atom is 0.417 e. The summed E-state index contributed by atoms with van der Waals surface area (Å²) in [5, 5.41) is 24.9. The minimum atomic E-state index is -4.64. The summed E-state index contributed by atoms with van der Waals surface area (Å²) in [6, 6.07) is 12.7. The molecule has 0 spiro atoms. The Kier molecular flexibility index (Phi) is 11.6. The molecule has 3 atom stereocenters. The number of pyridine rings is 1. The van der Waals surface area contributed by atoms with E-state index in [9.17, 15) is 41.4 Å². The minimum Gasteiger partial charge on any atom is -0.457 e. The molecule has 20 heteroatoms. The Balaban J connectivity index is 0.000000263. The summed E-state index contributed by atoms with van der Waals surface area (Å²) in [4.78, 5) is 42.4. The van der Waals surface area contributed by atoms with Crippen molar-refractivity contribution < 1.29 is 51.2 Å². The second-order valence-corrected chi connectivity index (χ2v) is 10.6. The van der Waals surface area contributed by atoms with E-state index in [2.05, 4.69) is 25.9 Å². The number of nitrogens with one attached hydrogen (secondary N) is 3. The van der Waals surface area contributed by atoms with Gasteiger partial charge in [-0.3, -0.25) is 14.3 Å². The topological polar surface area (TPSA) is 203 Å². The van der Waals surface area contributed by atoms with Crippen LogP contribution in [0.3, 0.4) is 0 Å². The van der Waals surface area contributed by atoms with Crippen LogP contribution in [-0.4, -0.2) is 68.5 Å². The number of aliphatic hydroxyl groups excluding tert-OH is 2. The number of aromatic nitrogens is 3. The van der Waals surface area contributed by atoms with Crippen molar-refractivity contribution in [3.63, 3.8) is 0 Å². The lowest BCUT2D eigenvalue weighted by atomic mass is 10.1. The van der Waals surface area contributed by atoms with Gasteiger partial charge in [0, 0.05) is 36.9 Å². The van der Waals surface area contributed by atoms with E-state index in [1.54, 1.807) is 30.3 Å². The SMILES string of the molecule is CNC(=O)c1cc(Oc2ccc(NC(=O)Nc3ccc(Cl)c(C(F)(F)F)c3)cc2)ccn1.Nc1ccn([C@@H]2O[C@H](CO)[C@@H](O)C2(F)F)c(=O)n1. The van der Waals surface area contributed by atoms with Gasteiger partial charge in [-0.1, -0.05) is 11.6 Å². The Labute approximate surface area is 283 Å². The highest BCUT2D eigenvalue weighted by Gasteiger charge is 2.59. The largest absolute Gasteiger partial charge is 0.457 e. The number of carbonyl (C=O) groups excluding carboxylic acids is 2. The van der Waals surface area contributed by atoms with Crippen molar-refractivity contribution in [1.82, 2.24) is 19.9 Å². The van der Waals surface area contributed by atoms with Gasteiger partial charge < -0.3 is 41.4 Å². The molecule has 14 nitrogen and oxygen atoms in total. The monoisotopic (exact) mass is 727 g/mol. The lowest BCUT2D eigenvalue weighted by Gasteiger charge is -2.20. The van der Waals surface area contributed by atoms with Crippen LogP contribution < -0.4 is 32.1 Å². The number of halogens is 6.